The standard InChI is InChI=1S/C28H31ClF3N7O5/c1-3-21-23(36-9-11-37(12-10-36)27(42)44-4-2)25(41)39-26(34-24(35-39)17-7-13-43-14-8-17)38(21)16-22(40)33-20-6-5-18(15-19(20)29)28(30,31)32/h5-7,15H,3-4,8-14,16H2,1-2H3,(H,33,40). The quantitative estimate of drug-likeness (QED) is 0.415. The monoisotopic (exact) mass is 637 g/mol. The zero-order valence-electron chi connectivity index (χ0n) is 24.1. The molecule has 16 heteroatoms. The molecule has 0 unspecified atom stereocenters. The minimum Gasteiger partial charge on any atom is -0.450 e. The average molecular weight is 638 g/mol. The fraction of sp³-hybridized carbons (Fsp3) is 0.464. The van der Waals surface area contributed by atoms with Gasteiger partial charge in [0.2, 0.25) is 11.7 Å². The number of hydrogen-bond acceptors (Lipinski definition) is 8. The molecule has 0 saturated carbocycles. The Balaban J connectivity index is 1.53. The van der Waals surface area contributed by atoms with Gasteiger partial charge in [-0.1, -0.05) is 24.6 Å². The second-order valence-corrected chi connectivity index (χ2v) is 10.6. The Bertz CT molecular complexity index is 1660. The summed E-state index contributed by atoms with van der Waals surface area (Å²) >= 11 is 6.08. The number of benzene rings is 1. The lowest BCUT2D eigenvalue weighted by Crippen LogP contribution is -2.51. The molecule has 4 heterocycles. The zero-order chi connectivity index (χ0) is 31.6. The molecule has 2 aliphatic heterocycles. The Kier molecular flexibility index (Phi) is 9.15. The molecule has 0 radical (unpaired) electrons. The van der Waals surface area contributed by atoms with E-state index in [1.165, 1.54) is 0 Å². The molecule has 2 aromatic heterocycles. The number of carbonyl (C=O) groups is 2. The van der Waals surface area contributed by atoms with Crippen LogP contribution in [0.3, 0.4) is 0 Å². The van der Waals surface area contributed by atoms with Crippen LogP contribution in [0.5, 0.6) is 0 Å². The zero-order valence-corrected chi connectivity index (χ0v) is 24.9. The molecule has 5 rings (SSSR count). The van der Waals surface area contributed by atoms with Gasteiger partial charge < -0.3 is 29.2 Å². The molecular formula is C28H31ClF3N7O5. The molecule has 12 nitrogen and oxygen atoms in total. The first-order valence-electron chi connectivity index (χ1n) is 14.1. The number of amides is 2. The van der Waals surface area contributed by atoms with Crippen molar-refractivity contribution in [2.75, 3.05) is 56.2 Å². The third kappa shape index (κ3) is 6.38. The number of carbonyl (C=O) groups excluding carboxylic acids is 2. The third-order valence-electron chi connectivity index (χ3n) is 7.41. The molecule has 1 fully saturated rings. The Hall–Kier alpha value is -4.11. The predicted octanol–water partition coefficient (Wildman–Crippen LogP) is 3.85. The highest BCUT2D eigenvalue weighted by atomic mass is 35.5. The van der Waals surface area contributed by atoms with E-state index in [1.807, 2.05) is 17.9 Å². The van der Waals surface area contributed by atoms with E-state index in [2.05, 4.69) is 15.4 Å². The minimum absolute atomic E-state index is 0.00427. The van der Waals surface area contributed by atoms with Crippen LogP contribution in [0.1, 0.15) is 37.4 Å². The van der Waals surface area contributed by atoms with Gasteiger partial charge in [0.25, 0.3) is 5.56 Å². The predicted molar refractivity (Wildman–Crippen MR) is 156 cm³/mol. The van der Waals surface area contributed by atoms with Gasteiger partial charge in [0, 0.05) is 26.2 Å². The van der Waals surface area contributed by atoms with Gasteiger partial charge in [0.15, 0.2) is 5.82 Å². The highest BCUT2D eigenvalue weighted by Gasteiger charge is 2.32. The summed E-state index contributed by atoms with van der Waals surface area (Å²) in [5.74, 6) is -0.131. The summed E-state index contributed by atoms with van der Waals surface area (Å²) in [5.41, 5.74) is 0.276. The van der Waals surface area contributed by atoms with Crippen molar-refractivity contribution in [1.29, 1.82) is 0 Å². The van der Waals surface area contributed by atoms with Crippen LogP contribution < -0.4 is 15.8 Å². The van der Waals surface area contributed by atoms with E-state index in [4.69, 9.17) is 21.1 Å². The number of nitrogens with zero attached hydrogens (tertiary/aromatic N) is 6. The van der Waals surface area contributed by atoms with Gasteiger partial charge in [-0.25, -0.2) is 4.79 Å². The number of ether oxygens (including phenoxy) is 2. The van der Waals surface area contributed by atoms with E-state index < -0.39 is 29.3 Å². The Morgan fingerprint density at radius 3 is 2.52 bits per heavy atom. The van der Waals surface area contributed by atoms with Crippen molar-refractivity contribution in [3.8, 4) is 0 Å². The molecule has 1 N–H and O–H groups in total. The Morgan fingerprint density at radius 2 is 1.91 bits per heavy atom. The van der Waals surface area contributed by atoms with Crippen molar-refractivity contribution in [2.45, 2.75) is 39.4 Å². The lowest BCUT2D eigenvalue weighted by molar-refractivity contribution is -0.137. The van der Waals surface area contributed by atoms with Crippen molar-refractivity contribution >= 4 is 46.3 Å². The van der Waals surface area contributed by atoms with Crippen molar-refractivity contribution in [2.24, 2.45) is 0 Å². The normalized spacial score (nSPS) is 15.8. The second-order valence-electron chi connectivity index (χ2n) is 10.2. The maximum absolute atomic E-state index is 14.0. The third-order valence-corrected chi connectivity index (χ3v) is 7.72. The van der Waals surface area contributed by atoms with Crippen LogP contribution in [0.25, 0.3) is 11.4 Å². The molecule has 236 valence electrons. The van der Waals surface area contributed by atoms with E-state index in [1.54, 1.807) is 16.4 Å². The van der Waals surface area contributed by atoms with Crippen LogP contribution in [0.4, 0.5) is 29.3 Å². The fourth-order valence-electron chi connectivity index (χ4n) is 5.25. The number of halogens is 4. The lowest BCUT2D eigenvalue weighted by atomic mass is 10.1. The molecule has 2 amide bonds. The summed E-state index contributed by atoms with van der Waals surface area (Å²) in [5, 5.41) is 6.81. The smallest absolute Gasteiger partial charge is 0.416 e. The molecule has 0 spiro atoms. The van der Waals surface area contributed by atoms with E-state index in [0.29, 0.717) is 69.4 Å². The van der Waals surface area contributed by atoms with Gasteiger partial charge in [-0.2, -0.15) is 22.7 Å². The summed E-state index contributed by atoms with van der Waals surface area (Å²) in [4.78, 5) is 47.6. The number of alkyl halides is 3. The fourth-order valence-corrected chi connectivity index (χ4v) is 5.48. The molecule has 0 atom stereocenters. The van der Waals surface area contributed by atoms with E-state index in [0.717, 1.165) is 28.3 Å². The number of piperazine rings is 1. The van der Waals surface area contributed by atoms with Crippen LogP contribution in [-0.2, 0) is 33.4 Å². The molecular weight excluding hydrogens is 607 g/mol. The lowest BCUT2D eigenvalue weighted by Gasteiger charge is -2.36. The van der Waals surface area contributed by atoms with Gasteiger partial charge in [0.1, 0.15) is 12.2 Å². The van der Waals surface area contributed by atoms with Crippen molar-refractivity contribution in [1.82, 2.24) is 24.1 Å². The number of hydrogen-bond donors (Lipinski definition) is 1. The van der Waals surface area contributed by atoms with Gasteiger partial charge in [-0.3, -0.25) is 9.59 Å². The summed E-state index contributed by atoms with van der Waals surface area (Å²) < 4.78 is 52.6. The molecule has 1 aromatic carbocycles. The van der Waals surface area contributed by atoms with Gasteiger partial charge in [0.05, 0.1) is 41.8 Å². The summed E-state index contributed by atoms with van der Waals surface area (Å²) in [6, 6.07) is 2.66. The molecule has 3 aromatic rings. The number of nitrogens with one attached hydrogen (secondary N) is 1. The van der Waals surface area contributed by atoms with Crippen LogP contribution >= 0.6 is 11.6 Å². The minimum atomic E-state index is -4.59. The molecule has 2 aliphatic rings. The summed E-state index contributed by atoms with van der Waals surface area (Å²) in [6.07, 6.45) is -2.30. The summed E-state index contributed by atoms with van der Waals surface area (Å²) in [7, 11) is 0. The van der Waals surface area contributed by atoms with Gasteiger partial charge in [-0.15, -0.1) is 5.10 Å². The Morgan fingerprint density at radius 1 is 1.16 bits per heavy atom. The van der Waals surface area contributed by atoms with Crippen molar-refractivity contribution in [3.63, 3.8) is 0 Å². The second kappa shape index (κ2) is 12.9. The van der Waals surface area contributed by atoms with E-state index in [9.17, 15) is 27.6 Å². The highest BCUT2D eigenvalue weighted by molar-refractivity contribution is 6.33. The number of rotatable bonds is 7. The van der Waals surface area contributed by atoms with Crippen LogP contribution in [0.2, 0.25) is 5.02 Å². The Labute approximate surface area is 255 Å². The molecule has 44 heavy (non-hydrogen) atoms. The SMILES string of the molecule is CCOC(=O)N1CCN(c2c(CC)n(CC(=O)Nc3ccc(C(F)(F)F)cc3Cl)c3nc(C4=CCOCC4)nn3c2=O)CC1. The maximum atomic E-state index is 14.0. The van der Waals surface area contributed by atoms with Crippen LogP contribution in [-0.4, -0.2) is 82.1 Å². The first-order valence-corrected chi connectivity index (χ1v) is 14.5. The highest BCUT2D eigenvalue weighted by Crippen LogP contribution is 2.34. The topological polar surface area (TPSA) is 123 Å². The van der Waals surface area contributed by atoms with Gasteiger partial charge in [-0.05, 0) is 43.5 Å². The van der Waals surface area contributed by atoms with Crippen LogP contribution in [0.15, 0.2) is 29.1 Å². The molecule has 0 aliphatic carbocycles. The van der Waals surface area contributed by atoms with Crippen molar-refractivity contribution in [3.05, 3.63) is 56.7 Å². The van der Waals surface area contributed by atoms with E-state index in [-0.39, 0.29) is 29.6 Å². The number of fused-ring (bicyclic) bond motifs is 1. The van der Waals surface area contributed by atoms with E-state index >= 15 is 0 Å². The first kappa shape index (κ1) is 31.3. The average Bonchev–Trinajstić information content (AvgIpc) is 3.46. The number of aromatic nitrogens is 4. The van der Waals surface area contributed by atoms with Crippen LogP contribution in [0, 0.1) is 0 Å². The number of anilines is 2. The van der Waals surface area contributed by atoms with Crippen molar-refractivity contribution < 1.29 is 32.2 Å². The molecule has 1 saturated heterocycles. The first-order chi connectivity index (χ1) is 21.0. The molecule has 0 bridgehead atoms. The largest absolute Gasteiger partial charge is 0.450 e. The maximum Gasteiger partial charge on any atom is 0.416 e. The summed E-state index contributed by atoms with van der Waals surface area (Å²) in [6.45, 7) is 5.64. The van der Waals surface area contributed by atoms with Gasteiger partial charge >= 0.3 is 12.3 Å².